The first kappa shape index (κ1) is 18.9. The van der Waals surface area contributed by atoms with Gasteiger partial charge in [-0.05, 0) is 18.1 Å². The molecule has 3 unspecified atom stereocenters. The van der Waals surface area contributed by atoms with Crippen LogP contribution in [0.3, 0.4) is 0 Å². The SMILES string of the molecule is CC(C)(C)[Si](C)(C)OCC1OC(n2ccc(=O)[nH]c2=O)CC1I. The Labute approximate surface area is 150 Å². The van der Waals surface area contributed by atoms with E-state index in [-0.39, 0.29) is 21.3 Å². The number of halogens is 1. The fourth-order valence-electron chi connectivity index (χ4n) is 2.17. The summed E-state index contributed by atoms with van der Waals surface area (Å²) in [5.41, 5.74) is -0.829. The zero-order valence-electron chi connectivity index (χ0n) is 14.3. The van der Waals surface area contributed by atoms with Crippen molar-refractivity contribution in [1.29, 1.82) is 0 Å². The molecule has 23 heavy (non-hydrogen) atoms. The number of ether oxygens (including phenoxy) is 1. The van der Waals surface area contributed by atoms with Crippen molar-refractivity contribution in [2.45, 2.75) is 61.6 Å². The van der Waals surface area contributed by atoms with Gasteiger partial charge in [-0.3, -0.25) is 14.3 Å². The highest BCUT2D eigenvalue weighted by atomic mass is 127. The van der Waals surface area contributed by atoms with E-state index in [1.54, 1.807) is 0 Å². The van der Waals surface area contributed by atoms with E-state index in [2.05, 4.69) is 61.4 Å². The second-order valence-electron chi connectivity index (χ2n) is 7.47. The normalized spacial score (nSPS) is 25.7. The van der Waals surface area contributed by atoms with Gasteiger partial charge < -0.3 is 9.16 Å². The van der Waals surface area contributed by atoms with E-state index in [0.29, 0.717) is 6.61 Å². The lowest BCUT2D eigenvalue weighted by Gasteiger charge is -2.37. The predicted octanol–water partition coefficient (Wildman–Crippen LogP) is 2.65. The van der Waals surface area contributed by atoms with Crippen molar-refractivity contribution < 1.29 is 9.16 Å². The summed E-state index contributed by atoms with van der Waals surface area (Å²) in [6.07, 6.45) is 1.81. The van der Waals surface area contributed by atoms with Gasteiger partial charge in [0, 0.05) is 22.6 Å². The van der Waals surface area contributed by atoms with Crippen molar-refractivity contribution in [2.24, 2.45) is 0 Å². The highest BCUT2D eigenvalue weighted by Crippen LogP contribution is 2.38. The number of hydrogen-bond donors (Lipinski definition) is 1. The molecule has 8 heteroatoms. The third-order valence-electron chi connectivity index (χ3n) is 4.74. The molecule has 0 bridgehead atoms. The molecule has 2 rings (SSSR count). The van der Waals surface area contributed by atoms with Crippen LogP contribution in [0.1, 0.15) is 33.4 Å². The van der Waals surface area contributed by atoms with Crippen molar-refractivity contribution in [3.63, 3.8) is 0 Å². The maximum Gasteiger partial charge on any atom is 0.330 e. The van der Waals surface area contributed by atoms with Crippen LogP contribution in [0.5, 0.6) is 0 Å². The number of alkyl halides is 1. The molecule has 6 nitrogen and oxygen atoms in total. The van der Waals surface area contributed by atoms with Crippen molar-refractivity contribution in [2.75, 3.05) is 6.61 Å². The maximum atomic E-state index is 11.9. The summed E-state index contributed by atoms with van der Waals surface area (Å²) < 4.78 is 14.0. The Morgan fingerprint density at radius 1 is 1.43 bits per heavy atom. The second kappa shape index (κ2) is 6.81. The number of rotatable bonds is 4. The molecule has 0 aliphatic carbocycles. The molecule has 130 valence electrons. The molecule has 3 atom stereocenters. The van der Waals surface area contributed by atoms with Gasteiger partial charge in [0.05, 0.1) is 12.7 Å². The van der Waals surface area contributed by atoms with Gasteiger partial charge in [0.25, 0.3) is 5.56 Å². The fourth-order valence-corrected chi connectivity index (χ4v) is 4.00. The van der Waals surface area contributed by atoms with Gasteiger partial charge in [-0.15, -0.1) is 0 Å². The molecular weight excluding hydrogens is 427 g/mol. The summed E-state index contributed by atoms with van der Waals surface area (Å²) in [5.74, 6) is 0. The molecule has 1 N–H and O–H groups in total. The highest BCUT2D eigenvalue weighted by Gasteiger charge is 2.40. The van der Waals surface area contributed by atoms with Crippen LogP contribution in [0.2, 0.25) is 18.1 Å². The molecule has 1 aliphatic rings. The summed E-state index contributed by atoms with van der Waals surface area (Å²) in [6.45, 7) is 11.6. The van der Waals surface area contributed by atoms with Gasteiger partial charge in [-0.1, -0.05) is 43.4 Å². The lowest BCUT2D eigenvalue weighted by atomic mass is 10.2. The topological polar surface area (TPSA) is 73.3 Å². The summed E-state index contributed by atoms with van der Waals surface area (Å²) >= 11 is 2.35. The van der Waals surface area contributed by atoms with E-state index < -0.39 is 19.6 Å². The lowest BCUT2D eigenvalue weighted by molar-refractivity contribution is -0.0207. The Balaban J connectivity index is 2.04. The van der Waals surface area contributed by atoms with E-state index in [0.717, 1.165) is 6.42 Å². The van der Waals surface area contributed by atoms with Gasteiger partial charge >= 0.3 is 5.69 Å². The van der Waals surface area contributed by atoms with Gasteiger partial charge in [0.2, 0.25) is 0 Å². The van der Waals surface area contributed by atoms with E-state index in [1.807, 2.05) is 0 Å². The molecule has 0 aromatic carbocycles. The van der Waals surface area contributed by atoms with Crippen LogP contribution in [0.25, 0.3) is 0 Å². The molecule has 1 aromatic rings. The minimum absolute atomic E-state index is 0.0476. The van der Waals surface area contributed by atoms with Crippen molar-refractivity contribution >= 4 is 30.9 Å². The quantitative estimate of drug-likeness (QED) is 0.433. The molecule has 1 aliphatic heterocycles. The van der Waals surface area contributed by atoms with Crippen LogP contribution in [0, 0.1) is 0 Å². The lowest BCUT2D eigenvalue weighted by Crippen LogP contribution is -2.43. The largest absolute Gasteiger partial charge is 0.414 e. The van der Waals surface area contributed by atoms with E-state index in [9.17, 15) is 9.59 Å². The smallest absolute Gasteiger partial charge is 0.330 e. The molecular formula is C15H25IN2O4Si. The van der Waals surface area contributed by atoms with E-state index in [4.69, 9.17) is 9.16 Å². The van der Waals surface area contributed by atoms with Gasteiger partial charge in [0.1, 0.15) is 6.23 Å². The Hall–Kier alpha value is -0.453. The van der Waals surface area contributed by atoms with E-state index >= 15 is 0 Å². The average molecular weight is 452 g/mol. The van der Waals surface area contributed by atoms with Gasteiger partial charge in [0.15, 0.2) is 8.32 Å². The Morgan fingerprint density at radius 3 is 2.65 bits per heavy atom. The number of aromatic amines is 1. The molecule has 0 radical (unpaired) electrons. The fraction of sp³-hybridized carbons (Fsp3) is 0.733. The third-order valence-corrected chi connectivity index (χ3v) is 10.5. The van der Waals surface area contributed by atoms with Crippen molar-refractivity contribution in [3.8, 4) is 0 Å². The predicted molar refractivity (Wildman–Crippen MR) is 101 cm³/mol. The van der Waals surface area contributed by atoms with Crippen LogP contribution >= 0.6 is 22.6 Å². The summed E-state index contributed by atoms with van der Waals surface area (Å²) in [7, 11) is -1.82. The molecule has 1 saturated heterocycles. The van der Waals surface area contributed by atoms with Crippen LogP contribution in [-0.4, -0.2) is 34.5 Å². The van der Waals surface area contributed by atoms with Crippen LogP contribution < -0.4 is 11.2 Å². The summed E-state index contributed by atoms with van der Waals surface area (Å²) in [5, 5.41) is 0.154. The van der Waals surface area contributed by atoms with Crippen LogP contribution in [-0.2, 0) is 9.16 Å². The van der Waals surface area contributed by atoms with Crippen LogP contribution in [0.4, 0.5) is 0 Å². The molecule has 0 saturated carbocycles. The number of nitrogens with one attached hydrogen (secondary N) is 1. The molecule has 1 fully saturated rings. The van der Waals surface area contributed by atoms with Crippen molar-refractivity contribution in [3.05, 3.63) is 33.1 Å². The molecule has 0 spiro atoms. The Morgan fingerprint density at radius 2 is 2.09 bits per heavy atom. The maximum absolute atomic E-state index is 11.9. The van der Waals surface area contributed by atoms with Crippen LogP contribution in [0.15, 0.2) is 21.9 Å². The number of hydrogen-bond acceptors (Lipinski definition) is 4. The summed E-state index contributed by atoms with van der Waals surface area (Å²) in [4.78, 5) is 25.3. The Kier molecular flexibility index (Phi) is 5.59. The number of aromatic nitrogens is 2. The van der Waals surface area contributed by atoms with Crippen molar-refractivity contribution in [1.82, 2.24) is 9.55 Å². The minimum Gasteiger partial charge on any atom is -0.414 e. The number of nitrogens with zero attached hydrogens (tertiary/aromatic N) is 1. The first-order chi connectivity index (χ1) is 10.5. The molecule has 1 aromatic heterocycles. The Bertz CT molecular complexity index is 664. The first-order valence-electron chi connectivity index (χ1n) is 7.76. The summed E-state index contributed by atoms with van der Waals surface area (Å²) in [6, 6.07) is 1.34. The average Bonchev–Trinajstić information content (AvgIpc) is 2.76. The third kappa shape index (κ3) is 4.34. The minimum atomic E-state index is -1.82. The van der Waals surface area contributed by atoms with Gasteiger partial charge in [-0.2, -0.15) is 0 Å². The monoisotopic (exact) mass is 452 g/mol. The van der Waals surface area contributed by atoms with Gasteiger partial charge in [-0.25, -0.2) is 4.79 Å². The first-order valence-corrected chi connectivity index (χ1v) is 11.9. The standard InChI is InChI=1S/C15H25IN2O4Si/c1-15(2,3)23(4,5)21-9-11-10(16)8-13(22-11)18-7-6-12(19)17-14(18)20/h6-7,10-11,13H,8-9H2,1-5H3,(H,17,19,20). The number of H-pyrrole nitrogens is 1. The zero-order chi connectivity index (χ0) is 17.4. The second-order valence-corrected chi connectivity index (χ2v) is 13.9. The van der Waals surface area contributed by atoms with E-state index in [1.165, 1.54) is 16.8 Å². The zero-order valence-corrected chi connectivity index (χ0v) is 17.4. The molecule has 0 amide bonds. The molecule has 2 heterocycles. The highest BCUT2D eigenvalue weighted by molar-refractivity contribution is 14.1.